The number of benzene rings is 1. The van der Waals surface area contributed by atoms with Crippen molar-refractivity contribution in [1.29, 1.82) is 0 Å². The first-order valence-corrected chi connectivity index (χ1v) is 7.93. The van der Waals surface area contributed by atoms with Crippen LogP contribution in [0.15, 0.2) is 36.5 Å². The highest BCUT2D eigenvalue weighted by Crippen LogP contribution is 2.09. The highest BCUT2D eigenvalue weighted by Gasteiger charge is 2.17. The fourth-order valence-corrected chi connectivity index (χ4v) is 2.72. The van der Waals surface area contributed by atoms with E-state index in [-0.39, 0.29) is 17.3 Å². The molecule has 1 aromatic carbocycles. The maximum absolute atomic E-state index is 12.8. The Morgan fingerprint density at radius 1 is 1.29 bits per heavy atom. The Kier molecular flexibility index (Phi) is 4.37. The maximum atomic E-state index is 12.8. The Hall–Kier alpha value is -2.22. The number of hydrogen-bond acceptors (Lipinski definition) is 4. The van der Waals surface area contributed by atoms with Crippen LogP contribution >= 0.6 is 0 Å². The van der Waals surface area contributed by atoms with Gasteiger partial charge in [0.1, 0.15) is 5.82 Å². The molecule has 0 saturated carbocycles. The molecule has 112 valence electrons. The molecule has 0 aliphatic rings. The number of rotatable bonds is 5. The highest BCUT2D eigenvalue weighted by molar-refractivity contribution is 7.90. The molecule has 1 aromatic heterocycles. The Morgan fingerprint density at radius 2 is 1.95 bits per heavy atom. The van der Waals surface area contributed by atoms with Gasteiger partial charge in [0.2, 0.25) is 10.0 Å². The SMILES string of the molecule is CCCS(=O)(=O)NC(=O)c1ccn(-c2ccc(F)cc2)n1. The summed E-state index contributed by atoms with van der Waals surface area (Å²) < 4.78 is 39.2. The van der Waals surface area contributed by atoms with Crippen molar-refractivity contribution >= 4 is 15.9 Å². The molecule has 0 bridgehead atoms. The van der Waals surface area contributed by atoms with Gasteiger partial charge in [0, 0.05) is 6.20 Å². The molecule has 0 atom stereocenters. The van der Waals surface area contributed by atoms with Gasteiger partial charge in [0.15, 0.2) is 5.69 Å². The lowest BCUT2D eigenvalue weighted by Crippen LogP contribution is -2.32. The first kappa shape index (κ1) is 15.2. The first-order valence-electron chi connectivity index (χ1n) is 6.28. The number of halogens is 1. The number of carbonyl (C=O) groups excluding carboxylic acids is 1. The van der Waals surface area contributed by atoms with Crippen molar-refractivity contribution in [3.8, 4) is 5.69 Å². The molecule has 0 unspecified atom stereocenters. The largest absolute Gasteiger partial charge is 0.285 e. The molecule has 2 rings (SSSR count). The smallest absolute Gasteiger partial charge is 0.266 e. The third kappa shape index (κ3) is 3.88. The maximum Gasteiger partial charge on any atom is 0.285 e. The third-order valence-electron chi connectivity index (χ3n) is 2.63. The van der Waals surface area contributed by atoms with Crippen LogP contribution in [0, 0.1) is 5.82 Å². The van der Waals surface area contributed by atoms with Crippen LogP contribution < -0.4 is 4.72 Å². The second-order valence-electron chi connectivity index (χ2n) is 4.37. The average Bonchev–Trinajstić information content (AvgIpc) is 2.88. The standard InChI is InChI=1S/C13H14FN3O3S/c1-2-9-21(19,20)16-13(18)12-7-8-17(15-12)11-5-3-10(14)4-6-11/h3-8H,2,9H2,1H3,(H,16,18). The first-order chi connectivity index (χ1) is 9.91. The quantitative estimate of drug-likeness (QED) is 0.907. The zero-order chi connectivity index (χ0) is 15.5. The topological polar surface area (TPSA) is 81.1 Å². The summed E-state index contributed by atoms with van der Waals surface area (Å²) in [5.41, 5.74) is 0.533. The molecule has 6 nitrogen and oxygen atoms in total. The van der Waals surface area contributed by atoms with Gasteiger partial charge in [0.05, 0.1) is 11.4 Å². The zero-order valence-electron chi connectivity index (χ0n) is 11.3. The minimum Gasteiger partial charge on any atom is -0.266 e. The molecular formula is C13H14FN3O3S. The van der Waals surface area contributed by atoms with Crippen molar-refractivity contribution in [1.82, 2.24) is 14.5 Å². The molecule has 2 aromatic rings. The minimum atomic E-state index is -3.64. The van der Waals surface area contributed by atoms with Gasteiger partial charge in [-0.05, 0) is 36.8 Å². The van der Waals surface area contributed by atoms with Crippen LogP contribution in [0.25, 0.3) is 5.69 Å². The molecular weight excluding hydrogens is 297 g/mol. The molecule has 0 saturated heterocycles. The Labute approximate surface area is 121 Å². The monoisotopic (exact) mass is 311 g/mol. The molecule has 0 radical (unpaired) electrons. The van der Waals surface area contributed by atoms with E-state index in [1.807, 2.05) is 4.72 Å². The van der Waals surface area contributed by atoms with E-state index < -0.39 is 15.9 Å². The van der Waals surface area contributed by atoms with Crippen LogP contribution in [0.4, 0.5) is 4.39 Å². The number of amides is 1. The minimum absolute atomic E-state index is 0.0287. The van der Waals surface area contributed by atoms with E-state index in [1.165, 1.54) is 41.2 Å². The van der Waals surface area contributed by atoms with Crippen LogP contribution in [0.5, 0.6) is 0 Å². The molecule has 21 heavy (non-hydrogen) atoms. The fourth-order valence-electron chi connectivity index (χ4n) is 1.70. The summed E-state index contributed by atoms with van der Waals surface area (Å²) in [5.74, 6) is -1.30. The summed E-state index contributed by atoms with van der Waals surface area (Å²) >= 11 is 0. The molecule has 0 fully saturated rings. The summed E-state index contributed by atoms with van der Waals surface area (Å²) in [6.07, 6.45) is 1.90. The third-order valence-corrected chi connectivity index (χ3v) is 4.08. The molecule has 1 N–H and O–H groups in total. The molecule has 1 amide bonds. The lowest BCUT2D eigenvalue weighted by atomic mass is 10.3. The van der Waals surface area contributed by atoms with Gasteiger partial charge in [-0.15, -0.1) is 0 Å². The van der Waals surface area contributed by atoms with Gasteiger partial charge in [0.25, 0.3) is 5.91 Å². The summed E-state index contributed by atoms with van der Waals surface area (Å²) in [4.78, 5) is 11.8. The summed E-state index contributed by atoms with van der Waals surface area (Å²) in [6, 6.07) is 6.92. The summed E-state index contributed by atoms with van der Waals surface area (Å²) in [7, 11) is -3.64. The van der Waals surface area contributed by atoms with Crippen molar-refractivity contribution in [3.05, 3.63) is 48.0 Å². The predicted molar refractivity (Wildman–Crippen MR) is 75.1 cm³/mol. The second-order valence-corrected chi connectivity index (χ2v) is 6.21. The van der Waals surface area contributed by atoms with Crippen LogP contribution in [-0.4, -0.2) is 29.9 Å². The van der Waals surface area contributed by atoms with E-state index in [0.717, 1.165) is 0 Å². The molecule has 0 spiro atoms. The zero-order valence-corrected chi connectivity index (χ0v) is 12.1. The lowest BCUT2D eigenvalue weighted by molar-refractivity contribution is 0.0976. The van der Waals surface area contributed by atoms with Crippen molar-refractivity contribution in [3.63, 3.8) is 0 Å². The molecule has 0 aliphatic heterocycles. The van der Waals surface area contributed by atoms with E-state index in [1.54, 1.807) is 6.92 Å². The number of nitrogens with one attached hydrogen (secondary N) is 1. The van der Waals surface area contributed by atoms with E-state index in [9.17, 15) is 17.6 Å². The van der Waals surface area contributed by atoms with E-state index in [4.69, 9.17) is 0 Å². The summed E-state index contributed by atoms with van der Waals surface area (Å²) in [6.45, 7) is 1.70. The highest BCUT2D eigenvalue weighted by atomic mass is 32.2. The van der Waals surface area contributed by atoms with Crippen LogP contribution in [0.2, 0.25) is 0 Å². The molecule has 0 aliphatic carbocycles. The van der Waals surface area contributed by atoms with Crippen LogP contribution in [0.3, 0.4) is 0 Å². The van der Waals surface area contributed by atoms with Gasteiger partial charge >= 0.3 is 0 Å². The van der Waals surface area contributed by atoms with Gasteiger partial charge < -0.3 is 0 Å². The Balaban J connectivity index is 2.16. The average molecular weight is 311 g/mol. The van der Waals surface area contributed by atoms with Gasteiger partial charge in [-0.3, -0.25) is 4.79 Å². The van der Waals surface area contributed by atoms with E-state index >= 15 is 0 Å². The number of hydrogen-bond donors (Lipinski definition) is 1. The molecule has 1 heterocycles. The lowest BCUT2D eigenvalue weighted by Gasteiger charge is -2.03. The van der Waals surface area contributed by atoms with Crippen molar-refractivity contribution in [2.45, 2.75) is 13.3 Å². The van der Waals surface area contributed by atoms with E-state index in [0.29, 0.717) is 12.1 Å². The van der Waals surface area contributed by atoms with Crippen LogP contribution in [-0.2, 0) is 10.0 Å². The fraction of sp³-hybridized carbons (Fsp3) is 0.231. The number of carbonyl (C=O) groups is 1. The normalized spacial score (nSPS) is 11.3. The van der Waals surface area contributed by atoms with Crippen molar-refractivity contribution in [2.75, 3.05) is 5.75 Å². The number of aromatic nitrogens is 2. The van der Waals surface area contributed by atoms with Gasteiger partial charge in [-0.2, -0.15) is 5.10 Å². The predicted octanol–water partition coefficient (Wildman–Crippen LogP) is 1.48. The van der Waals surface area contributed by atoms with E-state index in [2.05, 4.69) is 5.10 Å². The van der Waals surface area contributed by atoms with Crippen molar-refractivity contribution in [2.24, 2.45) is 0 Å². The summed E-state index contributed by atoms with van der Waals surface area (Å²) in [5, 5.41) is 3.97. The van der Waals surface area contributed by atoms with Crippen molar-refractivity contribution < 1.29 is 17.6 Å². The Morgan fingerprint density at radius 3 is 2.57 bits per heavy atom. The number of sulfonamides is 1. The van der Waals surface area contributed by atoms with Crippen LogP contribution in [0.1, 0.15) is 23.8 Å². The molecule has 8 heteroatoms. The Bertz CT molecular complexity index is 738. The van der Waals surface area contributed by atoms with Gasteiger partial charge in [-0.25, -0.2) is 22.2 Å². The second kappa shape index (κ2) is 6.04. The number of nitrogens with zero attached hydrogens (tertiary/aromatic N) is 2. The van der Waals surface area contributed by atoms with Gasteiger partial charge in [-0.1, -0.05) is 6.92 Å².